The normalized spacial score (nSPS) is 20.1. The predicted octanol–water partition coefficient (Wildman–Crippen LogP) is 1.92. The molecular weight excluding hydrogens is 216 g/mol. The zero-order valence-electron chi connectivity index (χ0n) is 9.80. The van der Waals surface area contributed by atoms with Gasteiger partial charge in [0.1, 0.15) is 0 Å². The first-order chi connectivity index (χ1) is 8.29. The molecule has 0 saturated carbocycles. The zero-order valence-corrected chi connectivity index (χ0v) is 9.80. The Balaban J connectivity index is 1.91. The van der Waals surface area contributed by atoms with Crippen LogP contribution in [0, 0.1) is 5.92 Å². The lowest BCUT2D eigenvalue weighted by Gasteiger charge is -2.31. The van der Waals surface area contributed by atoms with E-state index in [0.29, 0.717) is 6.54 Å². The third-order valence-corrected chi connectivity index (χ3v) is 3.09. The van der Waals surface area contributed by atoms with Crippen molar-refractivity contribution in [3.05, 3.63) is 30.3 Å². The van der Waals surface area contributed by atoms with Crippen molar-refractivity contribution in [2.75, 3.05) is 25.0 Å². The second-order valence-corrected chi connectivity index (χ2v) is 4.43. The molecule has 1 heterocycles. The highest BCUT2D eigenvalue weighted by molar-refractivity contribution is 5.89. The minimum Gasteiger partial charge on any atom is -0.396 e. The second-order valence-electron chi connectivity index (χ2n) is 4.43. The molecule has 1 aliphatic heterocycles. The zero-order chi connectivity index (χ0) is 12.1. The molecule has 0 aromatic heterocycles. The number of aliphatic hydroxyl groups excluding tert-OH is 1. The van der Waals surface area contributed by atoms with Gasteiger partial charge in [0.05, 0.1) is 0 Å². The number of rotatable bonds is 2. The number of hydrogen-bond acceptors (Lipinski definition) is 2. The minimum absolute atomic E-state index is 0.0747. The molecule has 4 heteroatoms. The van der Waals surface area contributed by atoms with E-state index in [-0.39, 0.29) is 18.6 Å². The fraction of sp³-hybridized carbons (Fsp3) is 0.462. The number of aliphatic hydroxyl groups is 1. The van der Waals surface area contributed by atoms with Crippen LogP contribution < -0.4 is 5.32 Å². The fourth-order valence-electron chi connectivity index (χ4n) is 2.12. The van der Waals surface area contributed by atoms with Crippen LogP contribution in [0.3, 0.4) is 0 Å². The van der Waals surface area contributed by atoms with Crippen LogP contribution in [0.25, 0.3) is 0 Å². The summed E-state index contributed by atoms with van der Waals surface area (Å²) in [6, 6.07) is 9.36. The molecule has 92 valence electrons. The average molecular weight is 234 g/mol. The minimum atomic E-state index is -0.0747. The number of carbonyl (C=O) groups excluding carboxylic acids is 1. The number of carbonyl (C=O) groups is 1. The van der Waals surface area contributed by atoms with E-state index in [4.69, 9.17) is 5.11 Å². The number of nitrogens with zero attached hydrogens (tertiary/aromatic N) is 1. The molecule has 1 aromatic carbocycles. The van der Waals surface area contributed by atoms with E-state index in [0.717, 1.165) is 25.1 Å². The molecule has 17 heavy (non-hydrogen) atoms. The molecule has 1 fully saturated rings. The van der Waals surface area contributed by atoms with Crippen molar-refractivity contribution in [3.8, 4) is 0 Å². The molecule has 2 amide bonds. The van der Waals surface area contributed by atoms with Crippen LogP contribution in [0.1, 0.15) is 12.8 Å². The largest absolute Gasteiger partial charge is 0.396 e. The molecule has 0 radical (unpaired) electrons. The number of anilines is 1. The van der Waals surface area contributed by atoms with Gasteiger partial charge in [0, 0.05) is 25.4 Å². The standard InChI is InChI=1S/C13H18N2O2/c16-10-11-5-4-8-15(9-11)13(17)14-12-6-2-1-3-7-12/h1-3,6-7,11,16H,4-5,8-10H2,(H,14,17). The van der Waals surface area contributed by atoms with Crippen molar-refractivity contribution in [2.45, 2.75) is 12.8 Å². The molecule has 1 aliphatic rings. The third-order valence-electron chi connectivity index (χ3n) is 3.09. The number of piperidine rings is 1. The summed E-state index contributed by atoms with van der Waals surface area (Å²) in [5.41, 5.74) is 0.809. The maximum absolute atomic E-state index is 12.0. The predicted molar refractivity (Wildman–Crippen MR) is 66.8 cm³/mol. The van der Waals surface area contributed by atoms with Gasteiger partial charge in [-0.05, 0) is 30.9 Å². The molecular formula is C13H18N2O2. The molecule has 0 bridgehead atoms. The van der Waals surface area contributed by atoms with Gasteiger partial charge in [-0.3, -0.25) is 0 Å². The first-order valence-corrected chi connectivity index (χ1v) is 6.01. The first-order valence-electron chi connectivity index (χ1n) is 6.01. The van der Waals surface area contributed by atoms with Gasteiger partial charge in [-0.2, -0.15) is 0 Å². The number of benzene rings is 1. The number of para-hydroxylation sites is 1. The van der Waals surface area contributed by atoms with E-state index in [9.17, 15) is 4.79 Å². The molecule has 2 rings (SSSR count). The van der Waals surface area contributed by atoms with Crippen LogP contribution in [0.2, 0.25) is 0 Å². The van der Waals surface area contributed by atoms with E-state index >= 15 is 0 Å². The van der Waals surface area contributed by atoms with E-state index in [1.54, 1.807) is 4.90 Å². The Morgan fingerprint density at radius 1 is 1.41 bits per heavy atom. The maximum Gasteiger partial charge on any atom is 0.321 e. The van der Waals surface area contributed by atoms with E-state index in [1.807, 2.05) is 30.3 Å². The molecule has 1 atom stereocenters. The average Bonchev–Trinajstić information content (AvgIpc) is 2.40. The van der Waals surface area contributed by atoms with Crippen molar-refractivity contribution < 1.29 is 9.90 Å². The molecule has 0 aliphatic carbocycles. The summed E-state index contributed by atoms with van der Waals surface area (Å²) >= 11 is 0. The van der Waals surface area contributed by atoms with Gasteiger partial charge in [-0.25, -0.2) is 4.79 Å². The Labute approximate surface area is 101 Å². The number of urea groups is 1. The Bertz CT molecular complexity index is 367. The maximum atomic E-state index is 12.0. The van der Waals surface area contributed by atoms with Gasteiger partial charge in [-0.15, -0.1) is 0 Å². The quantitative estimate of drug-likeness (QED) is 0.821. The molecule has 1 saturated heterocycles. The number of hydrogen-bond donors (Lipinski definition) is 2. The Hall–Kier alpha value is -1.55. The summed E-state index contributed by atoms with van der Waals surface area (Å²) in [4.78, 5) is 13.7. The number of likely N-dealkylation sites (tertiary alicyclic amines) is 1. The summed E-state index contributed by atoms with van der Waals surface area (Å²) in [5, 5.41) is 12.0. The second kappa shape index (κ2) is 5.68. The Kier molecular flexibility index (Phi) is 3.98. The SMILES string of the molecule is O=C(Nc1ccccc1)N1CCCC(CO)C1. The fourth-order valence-corrected chi connectivity index (χ4v) is 2.12. The van der Waals surface area contributed by atoms with Crippen LogP contribution in [-0.4, -0.2) is 35.7 Å². The topological polar surface area (TPSA) is 52.6 Å². The van der Waals surface area contributed by atoms with Crippen LogP contribution in [0.4, 0.5) is 10.5 Å². The lowest BCUT2D eigenvalue weighted by Crippen LogP contribution is -2.43. The van der Waals surface area contributed by atoms with Crippen LogP contribution >= 0.6 is 0 Å². The van der Waals surface area contributed by atoms with Gasteiger partial charge in [0.25, 0.3) is 0 Å². The third kappa shape index (κ3) is 3.20. The lowest BCUT2D eigenvalue weighted by atomic mass is 9.99. The highest BCUT2D eigenvalue weighted by atomic mass is 16.3. The van der Waals surface area contributed by atoms with Crippen molar-refractivity contribution in [1.29, 1.82) is 0 Å². The summed E-state index contributed by atoms with van der Waals surface area (Å²) in [6.45, 7) is 1.58. The number of amides is 2. The van der Waals surface area contributed by atoms with Gasteiger partial charge in [0.15, 0.2) is 0 Å². The van der Waals surface area contributed by atoms with Crippen LogP contribution in [0.5, 0.6) is 0 Å². The van der Waals surface area contributed by atoms with Gasteiger partial charge < -0.3 is 15.3 Å². The molecule has 0 spiro atoms. The Morgan fingerprint density at radius 3 is 2.88 bits per heavy atom. The van der Waals surface area contributed by atoms with E-state index < -0.39 is 0 Å². The van der Waals surface area contributed by atoms with Crippen molar-refractivity contribution in [2.24, 2.45) is 5.92 Å². The van der Waals surface area contributed by atoms with Crippen molar-refractivity contribution >= 4 is 11.7 Å². The lowest BCUT2D eigenvalue weighted by molar-refractivity contribution is 0.136. The highest BCUT2D eigenvalue weighted by Crippen LogP contribution is 2.17. The Morgan fingerprint density at radius 2 is 2.18 bits per heavy atom. The van der Waals surface area contributed by atoms with Crippen molar-refractivity contribution in [1.82, 2.24) is 4.90 Å². The summed E-state index contributed by atoms with van der Waals surface area (Å²) < 4.78 is 0. The first kappa shape index (κ1) is 11.9. The number of nitrogens with one attached hydrogen (secondary N) is 1. The summed E-state index contributed by atoms with van der Waals surface area (Å²) in [6.07, 6.45) is 1.97. The highest BCUT2D eigenvalue weighted by Gasteiger charge is 2.22. The van der Waals surface area contributed by atoms with Crippen LogP contribution in [0.15, 0.2) is 30.3 Å². The molecule has 1 aromatic rings. The van der Waals surface area contributed by atoms with Gasteiger partial charge in [0.2, 0.25) is 0 Å². The van der Waals surface area contributed by atoms with Crippen molar-refractivity contribution in [3.63, 3.8) is 0 Å². The molecule has 1 unspecified atom stereocenters. The summed E-state index contributed by atoms with van der Waals surface area (Å²) in [7, 11) is 0. The van der Waals surface area contributed by atoms with Crippen LogP contribution in [-0.2, 0) is 0 Å². The van der Waals surface area contributed by atoms with E-state index in [2.05, 4.69) is 5.32 Å². The van der Waals surface area contributed by atoms with Gasteiger partial charge >= 0.3 is 6.03 Å². The summed E-state index contributed by atoms with van der Waals surface area (Å²) in [5.74, 6) is 0.227. The monoisotopic (exact) mass is 234 g/mol. The molecule has 2 N–H and O–H groups in total. The molecule has 4 nitrogen and oxygen atoms in total. The van der Waals surface area contributed by atoms with E-state index in [1.165, 1.54) is 0 Å². The smallest absolute Gasteiger partial charge is 0.321 e. The van der Waals surface area contributed by atoms with Gasteiger partial charge in [-0.1, -0.05) is 18.2 Å².